The number of aromatic nitrogens is 1. The number of nitrogens with one attached hydrogen (secondary N) is 1. The highest BCUT2D eigenvalue weighted by Gasteiger charge is 2.51. The third-order valence-electron chi connectivity index (χ3n) is 10.7. The molecular formula is C49H33BrN2. The van der Waals surface area contributed by atoms with Crippen LogP contribution in [0.5, 0.6) is 0 Å². The van der Waals surface area contributed by atoms with Crippen molar-refractivity contribution in [2.45, 2.75) is 5.41 Å². The lowest BCUT2D eigenvalue weighted by Gasteiger charge is -2.30. The van der Waals surface area contributed by atoms with Gasteiger partial charge in [0.15, 0.2) is 0 Å². The van der Waals surface area contributed by atoms with E-state index in [-0.39, 0.29) is 5.41 Å². The second-order valence-corrected chi connectivity index (χ2v) is 14.4. The lowest BCUT2D eigenvalue weighted by molar-refractivity contribution is 0.793. The molecular weight excluding hydrogens is 696 g/mol. The van der Waals surface area contributed by atoms with Gasteiger partial charge in [0.25, 0.3) is 0 Å². The number of para-hydroxylation sites is 3. The van der Waals surface area contributed by atoms with Gasteiger partial charge in [0, 0.05) is 32.3 Å². The largest absolute Gasteiger partial charge is 0.356 e. The molecule has 2 aliphatic carbocycles. The zero-order chi connectivity index (χ0) is 34.6. The summed E-state index contributed by atoms with van der Waals surface area (Å²) in [5.41, 5.74) is 16.6. The van der Waals surface area contributed by atoms with Crippen LogP contribution in [-0.2, 0) is 5.41 Å². The molecule has 2 aliphatic rings. The SMILES string of the molecule is Brc1ccc2c(c1)C1(c3ccccc3-c3ccccc31)c1ccccc1-2.c1ccc(Nc2ccc(-n3c4ccccc4c4ccccc43)cc2)cc1. The highest BCUT2D eigenvalue weighted by Crippen LogP contribution is 2.62. The van der Waals surface area contributed by atoms with Crippen molar-refractivity contribution in [2.75, 3.05) is 5.32 Å². The Morgan fingerprint density at radius 2 is 0.827 bits per heavy atom. The molecule has 1 aromatic heterocycles. The Morgan fingerprint density at radius 1 is 0.385 bits per heavy atom. The average Bonchev–Trinajstić information content (AvgIpc) is 3.81. The molecule has 0 aliphatic heterocycles. The molecule has 0 fully saturated rings. The Hall–Kier alpha value is -6.16. The minimum atomic E-state index is -0.219. The fraction of sp³-hybridized carbons (Fsp3) is 0.0204. The summed E-state index contributed by atoms with van der Waals surface area (Å²) in [6.45, 7) is 0. The molecule has 1 spiro atoms. The third kappa shape index (κ3) is 4.63. The van der Waals surface area contributed by atoms with E-state index < -0.39 is 0 Å². The summed E-state index contributed by atoms with van der Waals surface area (Å²) in [6, 6.07) is 69.4. The first-order valence-electron chi connectivity index (χ1n) is 17.7. The number of halogens is 1. The zero-order valence-corrected chi connectivity index (χ0v) is 29.9. The number of nitrogens with zero attached hydrogens (tertiary/aromatic N) is 1. The van der Waals surface area contributed by atoms with Crippen molar-refractivity contribution in [3.63, 3.8) is 0 Å². The highest BCUT2D eigenvalue weighted by molar-refractivity contribution is 9.10. The number of fused-ring (bicyclic) bond motifs is 13. The van der Waals surface area contributed by atoms with Crippen LogP contribution in [0.25, 0.3) is 49.7 Å². The second-order valence-electron chi connectivity index (χ2n) is 13.5. The Labute approximate surface area is 311 Å². The number of hydrogen-bond donors (Lipinski definition) is 1. The van der Waals surface area contributed by atoms with E-state index in [4.69, 9.17) is 0 Å². The highest BCUT2D eigenvalue weighted by atomic mass is 79.9. The van der Waals surface area contributed by atoms with Crippen molar-refractivity contribution in [1.29, 1.82) is 0 Å². The predicted molar refractivity (Wildman–Crippen MR) is 221 cm³/mol. The molecule has 11 rings (SSSR count). The van der Waals surface area contributed by atoms with Crippen LogP contribution < -0.4 is 5.32 Å². The summed E-state index contributed by atoms with van der Waals surface area (Å²) >= 11 is 3.72. The molecule has 2 nitrogen and oxygen atoms in total. The summed E-state index contributed by atoms with van der Waals surface area (Å²) < 4.78 is 3.46. The maximum atomic E-state index is 3.72. The smallest absolute Gasteiger partial charge is 0.0725 e. The van der Waals surface area contributed by atoms with Gasteiger partial charge in [-0.25, -0.2) is 0 Å². The van der Waals surface area contributed by atoms with E-state index in [0.29, 0.717) is 0 Å². The van der Waals surface area contributed by atoms with Crippen LogP contribution in [0.15, 0.2) is 199 Å². The maximum absolute atomic E-state index is 3.72. The lowest BCUT2D eigenvalue weighted by Crippen LogP contribution is -2.25. The van der Waals surface area contributed by atoms with Crippen LogP contribution >= 0.6 is 15.9 Å². The fourth-order valence-electron chi connectivity index (χ4n) is 8.65. The van der Waals surface area contributed by atoms with Gasteiger partial charge in [-0.1, -0.05) is 149 Å². The molecule has 52 heavy (non-hydrogen) atoms. The first-order valence-corrected chi connectivity index (χ1v) is 18.5. The van der Waals surface area contributed by atoms with E-state index in [1.165, 1.54) is 72.0 Å². The van der Waals surface area contributed by atoms with E-state index in [1.54, 1.807) is 0 Å². The molecule has 8 aromatic carbocycles. The molecule has 0 amide bonds. The molecule has 9 aromatic rings. The van der Waals surface area contributed by atoms with Crippen molar-refractivity contribution >= 4 is 49.1 Å². The van der Waals surface area contributed by atoms with Crippen molar-refractivity contribution in [3.8, 4) is 27.9 Å². The minimum Gasteiger partial charge on any atom is -0.356 e. The maximum Gasteiger partial charge on any atom is 0.0725 e. The fourth-order valence-corrected chi connectivity index (χ4v) is 9.01. The molecule has 0 saturated carbocycles. The normalized spacial score (nSPS) is 12.9. The van der Waals surface area contributed by atoms with Crippen LogP contribution in [0.3, 0.4) is 0 Å². The standard InChI is InChI=1S/C25H15Br.C24H18N2/c26-16-13-14-20-19-9-3-6-12-23(19)25(24(20)15-16)21-10-4-1-7-17(21)18-8-2-5-11-22(18)25;1-2-8-18(9-3-1)25-19-14-16-20(17-15-19)26-23-12-6-4-10-21(23)22-11-5-7-13-24(22)26/h1-15H;1-17,25H. The van der Waals surface area contributed by atoms with Gasteiger partial charge in [0.1, 0.15) is 0 Å². The number of benzene rings is 8. The number of rotatable bonds is 3. The summed E-state index contributed by atoms with van der Waals surface area (Å²) in [5, 5.41) is 6.01. The van der Waals surface area contributed by atoms with Crippen molar-refractivity contribution in [2.24, 2.45) is 0 Å². The van der Waals surface area contributed by atoms with E-state index in [1.807, 2.05) is 18.2 Å². The molecule has 246 valence electrons. The molecule has 0 bridgehead atoms. The molecule has 1 heterocycles. The zero-order valence-electron chi connectivity index (χ0n) is 28.3. The topological polar surface area (TPSA) is 17.0 Å². The van der Waals surface area contributed by atoms with Crippen LogP contribution in [0.4, 0.5) is 11.4 Å². The van der Waals surface area contributed by atoms with E-state index in [2.05, 4.69) is 202 Å². The van der Waals surface area contributed by atoms with Gasteiger partial charge >= 0.3 is 0 Å². The lowest BCUT2D eigenvalue weighted by atomic mass is 9.70. The van der Waals surface area contributed by atoms with E-state index in [9.17, 15) is 0 Å². The van der Waals surface area contributed by atoms with Gasteiger partial charge < -0.3 is 9.88 Å². The van der Waals surface area contributed by atoms with Crippen LogP contribution in [-0.4, -0.2) is 4.57 Å². The van der Waals surface area contributed by atoms with E-state index in [0.717, 1.165) is 15.8 Å². The quantitative estimate of drug-likeness (QED) is 0.192. The molecule has 1 N–H and O–H groups in total. The predicted octanol–water partition coefficient (Wildman–Crippen LogP) is 13.3. The van der Waals surface area contributed by atoms with Crippen LogP contribution in [0, 0.1) is 0 Å². The minimum absolute atomic E-state index is 0.219. The molecule has 3 heteroatoms. The monoisotopic (exact) mass is 728 g/mol. The van der Waals surface area contributed by atoms with Gasteiger partial charge in [-0.3, -0.25) is 0 Å². The number of hydrogen-bond acceptors (Lipinski definition) is 1. The Morgan fingerprint density at radius 3 is 1.38 bits per heavy atom. The summed E-state index contributed by atoms with van der Waals surface area (Å²) in [7, 11) is 0. The van der Waals surface area contributed by atoms with Gasteiger partial charge in [-0.2, -0.15) is 0 Å². The molecule has 0 radical (unpaired) electrons. The first-order chi connectivity index (χ1) is 25.7. The molecule has 0 unspecified atom stereocenters. The van der Waals surface area contributed by atoms with Crippen LogP contribution in [0.2, 0.25) is 0 Å². The Bertz CT molecular complexity index is 2660. The summed E-state index contributed by atoms with van der Waals surface area (Å²) in [5.74, 6) is 0. The van der Waals surface area contributed by atoms with Gasteiger partial charge in [-0.05, 0) is 105 Å². The molecule has 0 atom stereocenters. The van der Waals surface area contributed by atoms with Crippen molar-refractivity contribution < 1.29 is 0 Å². The van der Waals surface area contributed by atoms with Crippen molar-refractivity contribution in [1.82, 2.24) is 4.57 Å². The van der Waals surface area contributed by atoms with Crippen LogP contribution in [0.1, 0.15) is 22.3 Å². The Kier molecular flexibility index (Phi) is 7.23. The number of anilines is 2. The Balaban J connectivity index is 0.000000130. The van der Waals surface area contributed by atoms with E-state index >= 15 is 0 Å². The third-order valence-corrected chi connectivity index (χ3v) is 11.2. The van der Waals surface area contributed by atoms with Gasteiger partial charge in [0.05, 0.1) is 16.4 Å². The molecule has 0 saturated heterocycles. The second kappa shape index (κ2) is 12.3. The first kappa shape index (κ1) is 30.6. The van der Waals surface area contributed by atoms with Gasteiger partial charge in [-0.15, -0.1) is 0 Å². The summed E-state index contributed by atoms with van der Waals surface area (Å²) in [4.78, 5) is 0. The summed E-state index contributed by atoms with van der Waals surface area (Å²) in [6.07, 6.45) is 0. The average molecular weight is 730 g/mol. The van der Waals surface area contributed by atoms with Gasteiger partial charge in [0.2, 0.25) is 0 Å². The van der Waals surface area contributed by atoms with Crippen molar-refractivity contribution in [3.05, 3.63) is 221 Å².